The molecule has 0 aliphatic heterocycles. The van der Waals surface area contributed by atoms with Gasteiger partial charge in [-0.3, -0.25) is 9.78 Å². The highest BCUT2D eigenvalue weighted by molar-refractivity contribution is 5.99. The molecule has 1 aromatic rings. The van der Waals surface area contributed by atoms with E-state index in [4.69, 9.17) is 9.47 Å². The molecule has 0 saturated carbocycles. The summed E-state index contributed by atoms with van der Waals surface area (Å²) in [4.78, 5) is 16.2. The Morgan fingerprint density at radius 2 is 2.25 bits per heavy atom. The normalized spacial score (nSPS) is 11.9. The third kappa shape index (κ3) is 5.14. The Labute approximate surface area is 119 Å². The van der Waals surface area contributed by atoms with Crippen LogP contribution in [0.1, 0.15) is 23.7 Å². The van der Waals surface area contributed by atoms with Gasteiger partial charge in [0.25, 0.3) is 5.91 Å². The average Bonchev–Trinajstić information content (AvgIpc) is 2.49. The van der Waals surface area contributed by atoms with E-state index >= 15 is 0 Å². The minimum absolute atomic E-state index is 0.149. The van der Waals surface area contributed by atoms with E-state index in [9.17, 15) is 4.79 Å². The van der Waals surface area contributed by atoms with Gasteiger partial charge in [0.1, 0.15) is 0 Å². The molecule has 1 heterocycles. The minimum atomic E-state index is -0.155. The maximum atomic E-state index is 12.2. The van der Waals surface area contributed by atoms with Crippen LogP contribution in [0.5, 0.6) is 0 Å². The fraction of sp³-hybridized carbons (Fsp3) is 0.571. The molecule has 1 amide bonds. The summed E-state index contributed by atoms with van der Waals surface area (Å²) in [5.74, 6) is -0.149. The number of carbonyl (C=O) groups excluding carboxylic acids is 1. The molecule has 6 nitrogen and oxygen atoms in total. The molecule has 0 fully saturated rings. The highest BCUT2D eigenvalue weighted by Crippen LogP contribution is 2.13. The van der Waals surface area contributed by atoms with Gasteiger partial charge in [-0.15, -0.1) is 0 Å². The molecule has 0 aliphatic rings. The molecule has 1 aromatic heterocycles. The molecule has 2 N–H and O–H groups in total. The van der Waals surface area contributed by atoms with Gasteiger partial charge in [-0.2, -0.15) is 0 Å². The van der Waals surface area contributed by atoms with Gasteiger partial charge in [0.15, 0.2) is 0 Å². The first kappa shape index (κ1) is 16.4. The number of nitrogens with zero attached hydrogens (tertiary/aromatic N) is 1. The molecule has 0 bridgehead atoms. The van der Waals surface area contributed by atoms with Crippen LogP contribution in [0.2, 0.25) is 0 Å². The van der Waals surface area contributed by atoms with Crippen LogP contribution < -0.4 is 10.6 Å². The van der Waals surface area contributed by atoms with Crippen molar-refractivity contribution < 1.29 is 14.3 Å². The molecule has 20 heavy (non-hydrogen) atoms. The van der Waals surface area contributed by atoms with Crippen molar-refractivity contribution in [2.45, 2.75) is 19.4 Å². The first-order valence-electron chi connectivity index (χ1n) is 6.70. The van der Waals surface area contributed by atoms with Crippen molar-refractivity contribution in [2.24, 2.45) is 0 Å². The number of ether oxygens (including phenoxy) is 2. The first-order chi connectivity index (χ1) is 9.72. The van der Waals surface area contributed by atoms with Gasteiger partial charge < -0.3 is 20.1 Å². The Balaban J connectivity index is 2.62. The van der Waals surface area contributed by atoms with Crippen LogP contribution in [0.4, 0.5) is 5.69 Å². The lowest BCUT2D eigenvalue weighted by Crippen LogP contribution is -2.35. The summed E-state index contributed by atoms with van der Waals surface area (Å²) in [7, 11) is 3.19. The van der Waals surface area contributed by atoms with E-state index in [2.05, 4.69) is 22.5 Å². The predicted molar refractivity (Wildman–Crippen MR) is 78.0 cm³/mol. The maximum Gasteiger partial charge on any atom is 0.253 e. The number of methoxy groups -OCH3 is 2. The summed E-state index contributed by atoms with van der Waals surface area (Å²) in [5, 5.41) is 6.03. The van der Waals surface area contributed by atoms with E-state index in [0.717, 1.165) is 18.7 Å². The number of amides is 1. The molecule has 112 valence electrons. The van der Waals surface area contributed by atoms with Crippen molar-refractivity contribution in [2.75, 3.05) is 39.2 Å². The predicted octanol–water partition coefficient (Wildman–Crippen LogP) is 1.29. The average molecular weight is 281 g/mol. The van der Waals surface area contributed by atoms with E-state index in [1.165, 1.54) is 0 Å². The van der Waals surface area contributed by atoms with Crippen LogP contribution in [0.3, 0.4) is 0 Å². The highest BCUT2D eigenvalue weighted by atomic mass is 16.5. The van der Waals surface area contributed by atoms with Crippen molar-refractivity contribution in [3.05, 3.63) is 24.0 Å². The smallest absolute Gasteiger partial charge is 0.253 e. The number of pyridine rings is 1. The summed E-state index contributed by atoms with van der Waals surface area (Å²) in [6, 6.07) is 1.70. The summed E-state index contributed by atoms with van der Waals surface area (Å²) < 4.78 is 10.2. The topological polar surface area (TPSA) is 72.5 Å². The highest BCUT2D eigenvalue weighted by Gasteiger charge is 2.13. The van der Waals surface area contributed by atoms with Gasteiger partial charge in [0.05, 0.1) is 30.2 Å². The molecule has 0 saturated heterocycles. The van der Waals surface area contributed by atoms with E-state index in [1.54, 1.807) is 32.7 Å². The van der Waals surface area contributed by atoms with Crippen LogP contribution >= 0.6 is 0 Å². The summed E-state index contributed by atoms with van der Waals surface area (Å²) in [6.07, 6.45) is 4.09. The molecule has 1 atom stereocenters. The number of anilines is 1. The Bertz CT molecular complexity index is 412. The Kier molecular flexibility index (Phi) is 7.60. The number of hydrogen-bond acceptors (Lipinski definition) is 5. The molecule has 1 rings (SSSR count). The van der Waals surface area contributed by atoms with Crippen LogP contribution in [0, 0.1) is 0 Å². The zero-order chi connectivity index (χ0) is 14.8. The van der Waals surface area contributed by atoms with Crippen LogP contribution in [0.15, 0.2) is 18.5 Å². The van der Waals surface area contributed by atoms with E-state index in [-0.39, 0.29) is 12.0 Å². The van der Waals surface area contributed by atoms with Crippen molar-refractivity contribution in [3.63, 3.8) is 0 Å². The van der Waals surface area contributed by atoms with Crippen molar-refractivity contribution in [1.29, 1.82) is 0 Å². The van der Waals surface area contributed by atoms with Gasteiger partial charge >= 0.3 is 0 Å². The lowest BCUT2D eigenvalue weighted by molar-refractivity contribution is 0.0285. The van der Waals surface area contributed by atoms with Crippen LogP contribution in [0.25, 0.3) is 0 Å². The lowest BCUT2D eigenvalue weighted by Gasteiger charge is -2.16. The molecule has 0 spiro atoms. The summed E-state index contributed by atoms with van der Waals surface area (Å²) in [5.41, 5.74) is 1.33. The molecular weight excluding hydrogens is 258 g/mol. The SMILES string of the molecule is CCCNc1cnccc1C(=O)NCC(COC)OC. The van der Waals surface area contributed by atoms with E-state index < -0.39 is 0 Å². The number of carbonyl (C=O) groups is 1. The summed E-state index contributed by atoms with van der Waals surface area (Å²) >= 11 is 0. The zero-order valence-electron chi connectivity index (χ0n) is 12.3. The summed E-state index contributed by atoms with van der Waals surface area (Å²) in [6.45, 7) is 3.71. The van der Waals surface area contributed by atoms with E-state index in [0.29, 0.717) is 18.7 Å². The Morgan fingerprint density at radius 3 is 2.90 bits per heavy atom. The van der Waals surface area contributed by atoms with Crippen LogP contribution in [-0.2, 0) is 9.47 Å². The molecule has 0 aliphatic carbocycles. The standard InChI is InChI=1S/C14H23N3O3/c1-4-6-16-13-9-15-7-5-12(13)14(18)17-8-11(20-3)10-19-2/h5,7,9,11,16H,4,6,8,10H2,1-3H3,(H,17,18). The van der Waals surface area contributed by atoms with Crippen molar-refractivity contribution >= 4 is 11.6 Å². The van der Waals surface area contributed by atoms with Gasteiger partial charge in [-0.05, 0) is 12.5 Å². The van der Waals surface area contributed by atoms with Crippen LogP contribution in [-0.4, -0.2) is 50.9 Å². The monoisotopic (exact) mass is 281 g/mol. The molecular formula is C14H23N3O3. The van der Waals surface area contributed by atoms with Crippen molar-refractivity contribution in [3.8, 4) is 0 Å². The molecule has 6 heteroatoms. The number of rotatable bonds is 9. The molecule has 0 radical (unpaired) electrons. The van der Waals surface area contributed by atoms with Crippen molar-refractivity contribution in [1.82, 2.24) is 10.3 Å². The third-order valence-corrected chi connectivity index (χ3v) is 2.81. The number of nitrogens with one attached hydrogen (secondary N) is 2. The second kappa shape index (κ2) is 9.28. The van der Waals surface area contributed by atoms with Gasteiger partial charge in [-0.25, -0.2) is 0 Å². The Hall–Kier alpha value is -1.66. The lowest BCUT2D eigenvalue weighted by atomic mass is 10.2. The first-order valence-corrected chi connectivity index (χ1v) is 6.70. The quantitative estimate of drug-likeness (QED) is 0.713. The fourth-order valence-electron chi connectivity index (χ4n) is 1.69. The zero-order valence-corrected chi connectivity index (χ0v) is 12.3. The number of aromatic nitrogens is 1. The number of hydrogen-bond donors (Lipinski definition) is 2. The second-order valence-corrected chi connectivity index (χ2v) is 4.37. The maximum absolute atomic E-state index is 12.2. The van der Waals surface area contributed by atoms with Gasteiger partial charge in [0.2, 0.25) is 0 Å². The Morgan fingerprint density at radius 1 is 1.45 bits per heavy atom. The molecule has 1 unspecified atom stereocenters. The molecule has 0 aromatic carbocycles. The third-order valence-electron chi connectivity index (χ3n) is 2.81. The van der Waals surface area contributed by atoms with E-state index in [1.807, 2.05) is 0 Å². The van der Waals surface area contributed by atoms with Gasteiger partial charge in [-0.1, -0.05) is 6.92 Å². The largest absolute Gasteiger partial charge is 0.383 e. The second-order valence-electron chi connectivity index (χ2n) is 4.37. The fourth-order valence-corrected chi connectivity index (χ4v) is 1.69. The minimum Gasteiger partial charge on any atom is -0.383 e. The van der Waals surface area contributed by atoms with Gasteiger partial charge in [0, 0.05) is 33.5 Å².